The van der Waals surface area contributed by atoms with Crippen LogP contribution in [0.1, 0.15) is 39.9 Å². The molecule has 1 fully saturated rings. The van der Waals surface area contributed by atoms with E-state index in [4.69, 9.17) is 21.2 Å². The molecule has 1 saturated heterocycles. The molecule has 2 aromatic heterocycles. The van der Waals surface area contributed by atoms with Crippen molar-refractivity contribution >= 4 is 22.8 Å². The number of fused-ring (bicyclic) bond motifs is 1. The Morgan fingerprint density at radius 2 is 2.10 bits per heavy atom. The molecule has 3 aromatic rings. The molecule has 0 aliphatic carbocycles. The van der Waals surface area contributed by atoms with Gasteiger partial charge < -0.3 is 26.6 Å². The lowest BCUT2D eigenvalue weighted by Gasteiger charge is -2.16. The van der Waals surface area contributed by atoms with E-state index in [1.807, 2.05) is 19.9 Å². The van der Waals surface area contributed by atoms with Crippen LogP contribution in [-0.4, -0.2) is 39.8 Å². The minimum absolute atomic E-state index is 0.133. The fraction of sp³-hybridized carbons (Fsp3) is 0.364. The highest BCUT2D eigenvalue weighted by atomic mass is 16.5. The average Bonchev–Trinajstić information content (AvgIpc) is 3.30. The number of aromatic nitrogens is 2. The number of ether oxygens (including phenoxy) is 1. The Labute approximate surface area is 174 Å². The van der Waals surface area contributed by atoms with Gasteiger partial charge in [0, 0.05) is 22.6 Å². The molecule has 0 bridgehead atoms. The van der Waals surface area contributed by atoms with Crippen LogP contribution in [0.15, 0.2) is 18.2 Å². The molecule has 0 spiro atoms. The molecule has 1 aliphatic heterocycles. The number of anilines is 1. The number of nitrogens with two attached hydrogens (primary N) is 2. The Kier molecular flexibility index (Phi) is 5.03. The predicted molar refractivity (Wildman–Crippen MR) is 116 cm³/mol. The highest BCUT2D eigenvalue weighted by Crippen LogP contribution is 2.37. The van der Waals surface area contributed by atoms with Gasteiger partial charge in [-0.05, 0) is 57.9 Å². The average molecular weight is 409 g/mol. The number of rotatable bonds is 5. The molecule has 3 heterocycles. The van der Waals surface area contributed by atoms with Crippen molar-refractivity contribution in [2.24, 2.45) is 5.73 Å². The van der Waals surface area contributed by atoms with Crippen molar-refractivity contribution in [1.82, 2.24) is 14.9 Å². The van der Waals surface area contributed by atoms with Gasteiger partial charge >= 0.3 is 0 Å². The van der Waals surface area contributed by atoms with Crippen molar-refractivity contribution in [2.75, 3.05) is 18.9 Å². The van der Waals surface area contributed by atoms with Crippen LogP contribution in [0.3, 0.4) is 0 Å². The van der Waals surface area contributed by atoms with Gasteiger partial charge in [0.25, 0.3) is 5.91 Å². The molecule has 1 aromatic carbocycles. The second-order valence-electron chi connectivity index (χ2n) is 7.92. The first kappa shape index (κ1) is 20.0. The molecule has 0 radical (unpaired) electrons. The molecule has 8 heteroatoms. The molecular weight excluding hydrogens is 382 g/mol. The van der Waals surface area contributed by atoms with Crippen molar-refractivity contribution < 1.29 is 14.6 Å². The number of aryl methyl sites for hydroxylation is 2. The van der Waals surface area contributed by atoms with Crippen LogP contribution in [0.2, 0.25) is 0 Å². The van der Waals surface area contributed by atoms with E-state index in [1.54, 1.807) is 23.6 Å². The second kappa shape index (κ2) is 7.53. The van der Waals surface area contributed by atoms with Crippen molar-refractivity contribution in [1.29, 1.82) is 0 Å². The van der Waals surface area contributed by atoms with Crippen LogP contribution in [-0.2, 0) is 0 Å². The minimum atomic E-state index is -0.628. The standard InChI is InChI=1S/C22H27N5O3/c1-11-6-7-16(28)13(3)18(11)27-19(23)17(20(24)29)15-9-12(2)22(26-21(15)27)30-10-14-5-4-8-25-14/h6-7,9,14,25,28H,4-5,8,10,23H2,1-3H3,(H2,24,29)/t14-/m0/s1. The fourth-order valence-corrected chi connectivity index (χ4v) is 4.18. The van der Waals surface area contributed by atoms with Crippen molar-refractivity contribution in [2.45, 2.75) is 39.7 Å². The summed E-state index contributed by atoms with van der Waals surface area (Å²) in [6.45, 7) is 7.10. The number of nitrogens with zero attached hydrogens (tertiary/aromatic N) is 2. The Balaban J connectivity index is 1.93. The van der Waals surface area contributed by atoms with Gasteiger partial charge in [0.15, 0.2) is 5.65 Å². The molecule has 8 nitrogen and oxygen atoms in total. The number of benzene rings is 1. The van der Waals surface area contributed by atoms with Gasteiger partial charge in [0.2, 0.25) is 5.88 Å². The molecule has 158 valence electrons. The third-order valence-electron chi connectivity index (χ3n) is 5.78. The van der Waals surface area contributed by atoms with Crippen LogP contribution >= 0.6 is 0 Å². The number of nitrogens with one attached hydrogen (secondary N) is 1. The zero-order chi connectivity index (χ0) is 21.6. The maximum Gasteiger partial charge on any atom is 0.253 e. The number of phenolic OH excluding ortho intramolecular Hbond substituents is 1. The van der Waals surface area contributed by atoms with E-state index < -0.39 is 5.91 Å². The molecule has 1 atom stereocenters. The number of pyridine rings is 1. The molecule has 0 unspecified atom stereocenters. The first-order chi connectivity index (χ1) is 14.3. The molecule has 30 heavy (non-hydrogen) atoms. The van der Waals surface area contributed by atoms with Crippen molar-refractivity contribution in [3.63, 3.8) is 0 Å². The maximum atomic E-state index is 12.2. The third-order valence-corrected chi connectivity index (χ3v) is 5.78. The summed E-state index contributed by atoms with van der Waals surface area (Å²) < 4.78 is 7.70. The first-order valence-electron chi connectivity index (χ1n) is 10.1. The van der Waals surface area contributed by atoms with Gasteiger partial charge in [-0.15, -0.1) is 0 Å². The van der Waals surface area contributed by atoms with Gasteiger partial charge in [-0.3, -0.25) is 9.36 Å². The monoisotopic (exact) mass is 409 g/mol. The number of hydrogen-bond acceptors (Lipinski definition) is 6. The Morgan fingerprint density at radius 1 is 1.33 bits per heavy atom. The number of carbonyl (C=O) groups excluding carboxylic acids is 1. The molecule has 4 rings (SSSR count). The molecule has 1 amide bonds. The highest BCUT2D eigenvalue weighted by Gasteiger charge is 2.25. The zero-order valence-corrected chi connectivity index (χ0v) is 17.5. The zero-order valence-electron chi connectivity index (χ0n) is 17.5. The molecule has 1 aliphatic rings. The summed E-state index contributed by atoms with van der Waals surface area (Å²) >= 11 is 0. The smallest absolute Gasteiger partial charge is 0.253 e. The highest BCUT2D eigenvalue weighted by molar-refractivity contribution is 6.11. The third kappa shape index (κ3) is 3.23. The fourth-order valence-electron chi connectivity index (χ4n) is 4.18. The van der Waals surface area contributed by atoms with Crippen LogP contribution in [0, 0.1) is 20.8 Å². The number of phenols is 1. The van der Waals surface area contributed by atoms with E-state index >= 15 is 0 Å². The van der Waals surface area contributed by atoms with Crippen LogP contribution in [0.5, 0.6) is 11.6 Å². The lowest BCUT2D eigenvalue weighted by atomic mass is 10.1. The summed E-state index contributed by atoms with van der Waals surface area (Å²) in [7, 11) is 0. The normalized spacial score (nSPS) is 16.3. The molecule has 0 saturated carbocycles. The minimum Gasteiger partial charge on any atom is -0.508 e. The summed E-state index contributed by atoms with van der Waals surface area (Å²) in [5.74, 6) is 0.183. The quantitative estimate of drug-likeness (QED) is 0.512. The van der Waals surface area contributed by atoms with E-state index in [1.165, 1.54) is 0 Å². The van der Waals surface area contributed by atoms with E-state index in [9.17, 15) is 9.90 Å². The number of nitrogen functional groups attached to an aromatic ring is 1. The van der Waals surface area contributed by atoms with Gasteiger partial charge in [-0.1, -0.05) is 6.07 Å². The summed E-state index contributed by atoms with van der Waals surface area (Å²) in [4.78, 5) is 17.0. The maximum absolute atomic E-state index is 12.2. The van der Waals surface area contributed by atoms with Crippen molar-refractivity contribution in [3.8, 4) is 17.3 Å². The number of carbonyl (C=O) groups is 1. The number of aromatic hydroxyl groups is 1. The van der Waals surface area contributed by atoms with Crippen LogP contribution in [0.4, 0.5) is 5.82 Å². The van der Waals surface area contributed by atoms with Gasteiger partial charge in [-0.2, -0.15) is 4.98 Å². The van der Waals surface area contributed by atoms with E-state index in [0.717, 1.165) is 30.5 Å². The number of amides is 1. The Bertz CT molecular complexity index is 1150. The first-order valence-corrected chi connectivity index (χ1v) is 10.1. The predicted octanol–water partition coefficient (Wildman–Crippen LogP) is 2.47. The van der Waals surface area contributed by atoms with E-state index in [2.05, 4.69) is 5.32 Å². The van der Waals surface area contributed by atoms with Crippen LogP contribution in [0.25, 0.3) is 16.7 Å². The Hall–Kier alpha value is -3.26. The van der Waals surface area contributed by atoms with Gasteiger partial charge in [0.05, 0.1) is 11.3 Å². The van der Waals surface area contributed by atoms with E-state index in [-0.39, 0.29) is 17.1 Å². The molecular formula is C22H27N5O3. The topological polar surface area (TPSA) is 128 Å². The lowest BCUT2D eigenvalue weighted by Crippen LogP contribution is -2.28. The SMILES string of the molecule is Cc1cc2c(C(N)=O)c(N)n(-c3c(C)ccc(O)c3C)c2nc1OC[C@@H]1CCCN1. The number of hydrogen-bond donors (Lipinski definition) is 4. The summed E-state index contributed by atoms with van der Waals surface area (Å²) in [6, 6.07) is 5.56. The summed E-state index contributed by atoms with van der Waals surface area (Å²) in [5.41, 5.74) is 15.7. The summed E-state index contributed by atoms with van der Waals surface area (Å²) in [5, 5.41) is 14.2. The molecule has 6 N–H and O–H groups in total. The van der Waals surface area contributed by atoms with E-state index in [0.29, 0.717) is 40.8 Å². The van der Waals surface area contributed by atoms with Gasteiger partial charge in [-0.25, -0.2) is 0 Å². The van der Waals surface area contributed by atoms with Crippen LogP contribution < -0.4 is 21.5 Å². The number of primary amides is 1. The van der Waals surface area contributed by atoms with Gasteiger partial charge in [0.1, 0.15) is 18.2 Å². The Morgan fingerprint density at radius 3 is 2.77 bits per heavy atom. The second-order valence-corrected chi connectivity index (χ2v) is 7.92. The summed E-state index contributed by atoms with van der Waals surface area (Å²) in [6.07, 6.45) is 2.20. The van der Waals surface area contributed by atoms with Crippen molar-refractivity contribution in [3.05, 3.63) is 40.5 Å². The lowest BCUT2D eigenvalue weighted by molar-refractivity contribution is 0.100. The largest absolute Gasteiger partial charge is 0.508 e.